The Balaban J connectivity index is 2.49. The molecule has 0 radical (unpaired) electrons. The van der Waals surface area contributed by atoms with E-state index in [0.717, 1.165) is 0 Å². The topological polar surface area (TPSA) is 58.6 Å². The van der Waals surface area contributed by atoms with Crippen molar-refractivity contribution in [2.24, 2.45) is 5.92 Å². The Bertz CT molecular complexity index is 300. The molecule has 0 aliphatic heterocycles. The fraction of sp³-hybridized carbons (Fsp3) is 0.727. The number of terminal acetylenes is 1. The zero-order valence-electron chi connectivity index (χ0n) is 9.33. The molecule has 2 N–H and O–H groups in total. The van der Waals surface area contributed by atoms with Gasteiger partial charge in [0.2, 0.25) is 0 Å². The lowest BCUT2D eigenvalue weighted by Gasteiger charge is -2.22. The lowest BCUT2D eigenvalue weighted by atomic mass is 10.2. The van der Waals surface area contributed by atoms with Crippen molar-refractivity contribution in [2.75, 3.05) is 6.61 Å². The molecule has 0 spiro atoms. The largest absolute Gasteiger partial charge is 0.444 e. The molecule has 2 atom stereocenters. The number of aliphatic hydroxyl groups excluding tert-OH is 1. The standard InChI is InChI=1S/C11H17NO3/c1-5-8-6-11(8,7-13)12-9(14)15-10(2,3)4/h1,8,13H,6-7H2,2-4H3,(H,12,14)/t8-,11+/m1/s1. The molecule has 1 aliphatic carbocycles. The van der Waals surface area contributed by atoms with E-state index in [1.165, 1.54) is 0 Å². The van der Waals surface area contributed by atoms with Gasteiger partial charge in [-0.15, -0.1) is 12.3 Å². The van der Waals surface area contributed by atoms with E-state index in [0.29, 0.717) is 6.42 Å². The minimum Gasteiger partial charge on any atom is -0.444 e. The van der Waals surface area contributed by atoms with Crippen LogP contribution >= 0.6 is 0 Å². The smallest absolute Gasteiger partial charge is 0.408 e. The molecule has 0 unspecified atom stereocenters. The number of nitrogens with one attached hydrogen (secondary N) is 1. The molecule has 0 heterocycles. The van der Waals surface area contributed by atoms with Crippen molar-refractivity contribution in [1.29, 1.82) is 0 Å². The Hall–Kier alpha value is -1.21. The highest BCUT2D eigenvalue weighted by atomic mass is 16.6. The van der Waals surface area contributed by atoms with E-state index in [2.05, 4.69) is 11.2 Å². The number of carbonyl (C=O) groups is 1. The van der Waals surface area contributed by atoms with Crippen molar-refractivity contribution >= 4 is 6.09 Å². The van der Waals surface area contributed by atoms with Crippen molar-refractivity contribution in [3.63, 3.8) is 0 Å². The maximum absolute atomic E-state index is 11.4. The molecule has 15 heavy (non-hydrogen) atoms. The Morgan fingerprint density at radius 3 is 2.67 bits per heavy atom. The van der Waals surface area contributed by atoms with Crippen molar-refractivity contribution < 1.29 is 14.6 Å². The summed E-state index contributed by atoms with van der Waals surface area (Å²) in [6, 6.07) is 0. The van der Waals surface area contributed by atoms with Gasteiger partial charge in [0, 0.05) is 5.92 Å². The van der Waals surface area contributed by atoms with Crippen LogP contribution in [0.2, 0.25) is 0 Å². The van der Waals surface area contributed by atoms with Gasteiger partial charge >= 0.3 is 6.09 Å². The van der Waals surface area contributed by atoms with Crippen LogP contribution in [0.4, 0.5) is 4.79 Å². The monoisotopic (exact) mass is 211 g/mol. The fourth-order valence-electron chi connectivity index (χ4n) is 1.38. The summed E-state index contributed by atoms with van der Waals surface area (Å²) in [4.78, 5) is 11.4. The molecule has 1 aliphatic rings. The molecule has 0 aromatic rings. The number of alkyl carbamates (subject to hydrolysis) is 1. The zero-order valence-corrected chi connectivity index (χ0v) is 9.33. The average molecular weight is 211 g/mol. The molecular weight excluding hydrogens is 194 g/mol. The summed E-state index contributed by atoms with van der Waals surface area (Å²) in [5, 5.41) is 11.8. The van der Waals surface area contributed by atoms with Gasteiger partial charge in [-0.2, -0.15) is 0 Å². The summed E-state index contributed by atoms with van der Waals surface area (Å²) in [7, 11) is 0. The predicted octanol–water partition coefficient (Wildman–Crippen LogP) is 0.895. The fourth-order valence-corrected chi connectivity index (χ4v) is 1.38. The normalized spacial score (nSPS) is 29.1. The highest BCUT2D eigenvalue weighted by molar-refractivity contribution is 5.70. The molecule has 4 heteroatoms. The molecule has 1 saturated carbocycles. The molecule has 1 fully saturated rings. The minimum absolute atomic E-state index is 0.0879. The van der Waals surface area contributed by atoms with Gasteiger partial charge in [-0.3, -0.25) is 0 Å². The van der Waals surface area contributed by atoms with Gasteiger partial charge in [-0.1, -0.05) is 0 Å². The number of hydrogen-bond donors (Lipinski definition) is 2. The Labute approximate surface area is 90.0 Å². The van der Waals surface area contributed by atoms with E-state index in [1.807, 2.05) is 0 Å². The van der Waals surface area contributed by atoms with Gasteiger partial charge in [-0.05, 0) is 27.2 Å². The number of rotatable bonds is 2. The van der Waals surface area contributed by atoms with Gasteiger partial charge in [0.05, 0.1) is 12.1 Å². The van der Waals surface area contributed by atoms with Crippen LogP contribution in [0.5, 0.6) is 0 Å². The van der Waals surface area contributed by atoms with E-state index in [1.54, 1.807) is 20.8 Å². The summed E-state index contributed by atoms with van der Waals surface area (Å²) in [6.45, 7) is 5.19. The lowest BCUT2D eigenvalue weighted by Crippen LogP contribution is -2.44. The molecule has 0 aromatic carbocycles. The van der Waals surface area contributed by atoms with E-state index in [9.17, 15) is 4.79 Å². The Morgan fingerprint density at radius 2 is 2.33 bits per heavy atom. The van der Waals surface area contributed by atoms with Crippen LogP contribution < -0.4 is 5.32 Å². The van der Waals surface area contributed by atoms with Crippen molar-refractivity contribution in [1.82, 2.24) is 5.32 Å². The summed E-state index contributed by atoms with van der Waals surface area (Å²) in [5.41, 5.74) is -1.20. The second kappa shape index (κ2) is 3.74. The van der Waals surface area contributed by atoms with Crippen molar-refractivity contribution in [3.8, 4) is 12.3 Å². The van der Waals surface area contributed by atoms with Gasteiger partial charge in [0.15, 0.2) is 0 Å². The van der Waals surface area contributed by atoms with Gasteiger partial charge in [0.1, 0.15) is 5.60 Å². The minimum atomic E-state index is -0.656. The number of amides is 1. The first-order valence-electron chi connectivity index (χ1n) is 4.91. The highest BCUT2D eigenvalue weighted by Crippen LogP contribution is 2.42. The van der Waals surface area contributed by atoms with E-state index in [-0.39, 0.29) is 12.5 Å². The van der Waals surface area contributed by atoms with E-state index in [4.69, 9.17) is 16.3 Å². The predicted molar refractivity (Wildman–Crippen MR) is 56.1 cm³/mol. The molecule has 0 bridgehead atoms. The molecule has 0 aromatic heterocycles. The molecule has 1 amide bonds. The molecular formula is C11H17NO3. The SMILES string of the molecule is C#C[C@@H]1C[C@@]1(CO)NC(=O)OC(C)(C)C. The van der Waals surface area contributed by atoms with Crippen molar-refractivity contribution in [2.45, 2.75) is 38.3 Å². The Morgan fingerprint density at radius 1 is 1.73 bits per heavy atom. The number of hydrogen-bond acceptors (Lipinski definition) is 3. The van der Waals surface area contributed by atoms with Crippen LogP contribution in [0.15, 0.2) is 0 Å². The molecule has 0 saturated heterocycles. The van der Waals surface area contributed by atoms with Gasteiger partial charge in [0.25, 0.3) is 0 Å². The van der Waals surface area contributed by atoms with Gasteiger partial charge < -0.3 is 15.2 Å². The zero-order chi connectivity index (χ0) is 11.7. The summed E-state index contributed by atoms with van der Waals surface area (Å²) in [6.07, 6.45) is 5.31. The summed E-state index contributed by atoms with van der Waals surface area (Å²) < 4.78 is 5.08. The second-order valence-corrected chi connectivity index (χ2v) is 4.86. The molecule has 1 rings (SSSR count). The maximum Gasteiger partial charge on any atom is 0.408 e. The summed E-state index contributed by atoms with van der Waals surface area (Å²) in [5.74, 6) is 2.43. The first kappa shape index (κ1) is 11.9. The first-order valence-corrected chi connectivity index (χ1v) is 4.91. The Kier molecular flexibility index (Phi) is 2.96. The van der Waals surface area contributed by atoms with Crippen LogP contribution in [0.3, 0.4) is 0 Å². The van der Waals surface area contributed by atoms with E-state index < -0.39 is 17.2 Å². The van der Waals surface area contributed by atoms with Crippen LogP contribution in [0, 0.1) is 18.3 Å². The quantitative estimate of drug-likeness (QED) is 0.667. The van der Waals surface area contributed by atoms with Crippen LogP contribution in [-0.2, 0) is 4.74 Å². The highest BCUT2D eigenvalue weighted by Gasteiger charge is 2.54. The lowest BCUT2D eigenvalue weighted by molar-refractivity contribution is 0.0466. The second-order valence-electron chi connectivity index (χ2n) is 4.86. The third kappa shape index (κ3) is 2.87. The number of ether oxygens (including phenoxy) is 1. The third-order valence-corrected chi connectivity index (χ3v) is 2.31. The maximum atomic E-state index is 11.4. The molecule has 84 valence electrons. The van der Waals surface area contributed by atoms with Crippen LogP contribution in [0.1, 0.15) is 27.2 Å². The number of aliphatic hydroxyl groups is 1. The van der Waals surface area contributed by atoms with Crippen LogP contribution in [-0.4, -0.2) is 28.9 Å². The first-order chi connectivity index (χ1) is 6.83. The molecule has 4 nitrogen and oxygen atoms in total. The van der Waals surface area contributed by atoms with Crippen molar-refractivity contribution in [3.05, 3.63) is 0 Å². The number of carbonyl (C=O) groups excluding carboxylic acids is 1. The van der Waals surface area contributed by atoms with Gasteiger partial charge in [-0.25, -0.2) is 4.79 Å². The third-order valence-electron chi connectivity index (χ3n) is 2.31. The van der Waals surface area contributed by atoms with Crippen LogP contribution in [0.25, 0.3) is 0 Å². The summed E-state index contributed by atoms with van der Waals surface area (Å²) >= 11 is 0. The average Bonchev–Trinajstić information content (AvgIpc) is 2.76. The van der Waals surface area contributed by atoms with E-state index >= 15 is 0 Å².